The molecule has 1 heterocycles. The van der Waals surface area contributed by atoms with E-state index in [-0.39, 0.29) is 0 Å². The van der Waals surface area contributed by atoms with Gasteiger partial charge in [0.05, 0.1) is 14.2 Å². The molecule has 2 aromatic carbocycles. The predicted molar refractivity (Wildman–Crippen MR) is 79.9 cm³/mol. The largest absolute Gasteiger partial charge is 0.497 e. The van der Waals surface area contributed by atoms with Gasteiger partial charge in [0, 0.05) is 17.3 Å². The molecule has 0 amide bonds. The molecule has 0 bridgehead atoms. The van der Waals surface area contributed by atoms with Gasteiger partial charge in [-0.25, -0.2) is 0 Å². The normalized spacial score (nSPS) is 10.4. The number of aromatic nitrogens is 3. The second-order valence-corrected chi connectivity index (χ2v) is 4.49. The fourth-order valence-electron chi connectivity index (χ4n) is 2.21. The Hall–Kier alpha value is -2.82. The minimum Gasteiger partial charge on any atom is -0.497 e. The van der Waals surface area contributed by atoms with E-state index in [9.17, 15) is 0 Å². The van der Waals surface area contributed by atoms with Crippen LogP contribution in [-0.2, 0) is 0 Å². The number of hydrogen-bond acceptors (Lipinski definition) is 4. The minimum atomic E-state index is 0.769. The lowest BCUT2D eigenvalue weighted by Crippen LogP contribution is -1.93. The molecule has 0 aliphatic rings. The van der Waals surface area contributed by atoms with Crippen LogP contribution in [0.4, 0.5) is 0 Å². The molecule has 0 radical (unpaired) electrons. The van der Waals surface area contributed by atoms with Crippen LogP contribution in [0.3, 0.4) is 0 Å². The van der Waals surface area contributed by atoms with Crippen LogP contribution in [0, 0.1) is 0 Å². The van der Waals surface area contributed by atoms with Crippen LogP contribution in [0.25, 0.3) is 16.8 Å². The summed E-state index contributed by atoms with van der Waals surface area (Å²) in [7, 11) is 3.29. The van der Waals surface area contributed by atoms with Gasteiger partial charge in [-0.15, -0.1) is 10.2 Å². The van der Waals surface area contributed by atoms with Gasteiger partial charge in [-0.3, -0.25) is 4.57 Å². The van der Waals surface area contributed by atoms with E-state index in [4.69, 9.17) is 9.47 Å². The number of methoxy groups -OCH3 is 2. The maximum atomic E-state index is 5.46. The number of benzene rings is 2. The summed E-state index contributed by atoms with van der Waals surface area (Å²) in [5.41, 5.74) is 3.06. The van der Waals surface area contributed by atoms with Crippen molar-refractivity contribution < 1.29 is 9.47 Å². The van der Waals surface area contributed by atoms with Crippen molar-refractivity contribution in [2.75, 3.05) is 14.2 Å². The van der Waals surface area contributed by atoms with E-state index >= 15 is 0 Å². The molecule has 0 N–H and O–H groups in total. The van der Waals surface area contributed by atoms with Gasteiger partial charge < -0.3 is 9.47 Å². The molecule has 1 aromatic heterocycles. The van der Waals surface area contributed by atoms with Crippen molar-refractivity contribution in [3.8, 4) is 28.3 Å². The van der Waals surface area contributed by atoms with Gasteiger partial charge in [0.15, 0.2) is 0 Å². The van der Waals surface area contributed by atoms with Gasteiger partial charge in [-0.2, -0.15) is 0 Å². The highest BCUT2D eigenvalue weighted by Gasteiger charge is 2.08. The van der Waals surface area contributed by atoms with E-state index in [1.807, 2.05) is 41.0 Å². The zero-order chi connectivity index (χ0) is 14.7. The van der Waals surface area contributed by atoms with Crippen molar-refractivity contribution in [2.24, 2.45) is 0 Å². The Labute approximate surface area is 122 Å². The monoisotopic (exact) mass is 281 g/mol. The van der Waals surface area contributed by atoms with E-state index in [0.717, 1.165) is 28.3 Å². The van der Waals surface area contributed by atoms with Crippen LogP contribution < -0.4 is 9.47 Å². The number of nitrogens with zero attached hydrogens (tertiary/aromatic N) is 3. The Bertz CT molecular complexity index is 739. The fourth-order valence-corrected chi connectivity index (χ4v) is 2.21. The SMILES string of the molecule is COc1ccc(-c2cccc(-n3cnnc3)c2)c(OC)c1. The van der Waals surface area contributed by atoms with Crippen LogP contribution >= 0.6 is 0 Å². The lowest BCUT2D eigenvalue weighted by molar-refractivity contribution is 0.395. The first kappa shape index (κ1) is 13.2. The smallest absolute Gasteiger partial charge is 0.130 e. The molecule has 0 saturated heterocycles. The van der Waals surface area contributed by atoms with Gasteiger partial charge >= 0.3 is 0 Å². The summed E-state index contributed by atoms with van der Waals surface area (Å²) in [4.78, 5) is 0. The average Bonchev–Trinajstić information content (AvgIpc) is 3.09. The van der Waals surface area contributed by atoms with Crippen molar-refractivity contribution in [1.82, 2.24) is 14.8 Å². The molecule has 21 heavy (non-hydrogen) atoms. The highest BCUT2D eigenvalue weighted by molar-refractivity contribution is 5.73. The standard InChI is InChI=1S/C16H15N3O2/c1-20-14-6-7-15(16(9-14)21-2)12-4-3-5-13(8-12)19-10-17-18-11-19/h3-11H,1-2H3. The molecule has 0 unspecified atom stereocenters. The summed E-state index contributed by atoms with van der Waals surface area (Å²) >= 11 is 0. The summed E-state index contributed by atoms with van der Waals surface area (Å²) in [6.07, 6.45) is 3.34. The topological polar surface area (TPSA) is 49.2 Å². The molecule has 0 spiro atoms. The van der Waals surface area contributed by atoms with Gasteiger partial charge in [0.2, 0.25) is 0 Å². The molecule has 5 nitrogen and oxygen atoms in total. The van der Waals surface area contributed by atoms with Crippen LogP contribution in [0.2, 0.25) is 0 Å². The molecule has 0 aliphatic heterocycles. The van der Waals surface area contributed by atoms with Crippen LogP contribution in [-0.4, -0.2) is 29.0 Å². The summed E-state index contributed by atoms with van der Waals surface area (Å²) in [5, 5.41) is 7.66. The third-order valence-electron chi connectivity index (χ3n) is 3.28. The third kappa shape index (κ3) is 2.58. The van der Waals surface area contributed by atoms with Crippen LogP contribution in [0.1, 0.15) is 0 Å². The first-order valence-electron chi connectivity index (χ1n) is 6.49. The molecule has 106 valence electrons. The van der Waals surface area contributed by atoms with E-state index in [0.29, 0.717) is 0 Å². The zero-order valence-corrected chi connectivity index (χ0v) is 11.9. The Morgan fingerprint density at radius 3 is 2.43 bits per heavy atom. The van der Waals surface area contributed by atoms with Gasteiger partial charge in [0.1, 0.15) is 24.2 Å². The molecule has 3 rings (SSSR count). The average molecular weight is 281 g/mol. The van der Waals surface area contributed by atoms with E-state index < -0.39 is 0 Å². The quantitative estimate of drug-likeness (QED) is 0.737. The second kappa shape index (κ2) is 5.66. The van der Waals surface area contributed by atoms with E-state index in [1.165, 1.54) is 0 Å². The number of rotatable bonds is 4. The molecule has 3 aromatic rings. The van der Waals surface area contributed by atoms with Crippen molar-refractivity contribution in [3.05, 3.63) is 55.1 Å². The summed E-state index contributed by atoms with van der Waals surface area (Å²) < 4.78 is 12.6. The van der Waals surface area contributed by atoms with E-state index in [1.54, 1.807) is 26.9 Å². The van der Waals surface area contributed by atoms with Gasteiger partial charge in [-0.05, 0) is 29.8 Å². The second-order valence-electron chi connectivity index (χ2n) is 4.49. The number of ether oxygens (including phenoxy) is 2. The van der Waals surface area contributed by atoms with E-state index in [2.05, 4.69) is 16.3 Å². The molecule has 5 heteroatoms. The highest BCUT2D eigenvalue weighted by atomic mass is 16.5. The molecule has 0 atom stereocenters. The maximum absolute atomic E-state index is 5.46. The number of hydrogen-bond donors (Lipinski definition) is 0. The lowest BCUT2D eigenvalue weighted by Gasteiger charge is -2.11. The predicted octanol–water partition coefficient (Wildman–Crippen LogP) is 2.95. The van der Waals surface area contributed by atoms with Crippen molar-refractivity contribution in [3.63, 3.8) is 0 Å². The first-order valence-corrected chi connectivity index (χ1v) is 6.49. The Morgan fingerprint density at radius 1 is 0.905 bits per heavy atom. The lowest BCUT2D eigenvalue weighted by atomic mass is 10.0. The molecular weight excluding hydrogens is 266 g/mol. The first-order chi connectivity index (χ1) is 10.3. The molecular formula is C16H15N3O2. The summed E-state index contributed by atoms with van der Waals surface area (Å²) in [5.74, 6) is 1.54. The molecule has 0 saturated carbocycles. The van der Waals surface area contributed by atoms with Crippen LogP contribution in [0.5, 0.6) is 11.5 Å². The Balaban J connectivity index is 2.06. The fraction of sp³-hybridized carbons (Fsp3) is 0.125. The van der Waals surface area contributed by atoms with Crippen molar-refractivity contribution >= 4 is 0 Å². The van der Waals surface area contributed by atoms with Crippen molar-refractivity contribution in [2.45, 2.75) is 0 Å². The zero-order valence-electron chi connectivity index (χ0n) is 11.9. The third-order valence-corrected chi connectivity index (χ3v) is 3.28. The molecule has 0 aliphatic carbocycles. The van der Waals surface area contributed by atoms with Crippen molar-refractivity contribution in [1.29, 1.82) is 0 Å². The van der Waals surface area contributed by atoms with Gasteiger partial charge in [0.25, 0.3) is 0 Å². The summed E-state index contributed by atoms with van der Waals surface area (Å²) in [6.45, 7) is 0. The van der Waals surface area contributed by atoms with Gasteiger partial charge in [-0.1, -0.05) is 12.1 Å². The Kier molecular flexibility index (Phi) is 3.55. The summed E-state index contributed by atoms with van der Waals surface area (Å²) in [6, 6.07) is 13.9. The molecule has 0 fully saturated rings. The van der Waals surface area contributed by atoms with Crippen LogP contribution in [0.15, 0.2) is 55.1 Å². The highest BCUT2D eigenvalue weighted by Crippen LogP contribution is 2.33. The maximum Gasteiger partial charge on any atom is 0.130 e. The Morgan fingerprint density at radius 2 is 1.71 bits per heavy atom. The minimum absolute atomic E-state index is 0.769.